The highest BCUT2D eigenvalue weighted by Crippen LogP contribution is 2.44. The van der Waals surface area contributed by atoms with Crippen LogP contribution in [-0.2, 0) is 16.6 Å². The Bertz CT molecular complexity index is 900. The normalized spacial score (nSPS) is 19.1. The Balaban J connectivity index is 2.26. The maximum absolute atomic E-state index is 12.4. The van der Waals surface area contributed by atoms with Crippen molar-refractivity contribution in [2.45, 2.75) is 19.8 Å². The minimum atomic E-state index is -0.651. The van der Waals surface area contributed by atoms with E-state index in [1.165, 1.54) is 19.2 Å². The highest BCUT2D eigenvalue weighted by molar-refractivity contribution is 6.05. The lowest BCUT2D eigenvalue weighted by atomic mass is 9.76. The van der Waals surface area contributed by atoms with Gasteiger partial charge < -0.3 is 4.74 Å². The first kappa shape index (κ1) is 16.8. The van der Waals surface area contributed by atoms with Gasteiger partial charge >= 0.3 is 5.97 Å². The molecule has 1 aromatic heterocycles. The molecule has 0 aliphatic carbocycles. The van der Waals surface area contributed by atoms with E-state index in [1.807, 2.05) is 6.92 Å². The number of hydrogen-bond acceptors (Lipinski definition) is 6. The number of non-ortho nitro benzene ring substituents is 1. The number of nitro groups is 1. The van der Waals surface area contributed by atoms with E-state index < -0.39 is 22.7 Å². The number of esters is 1. The van der Waals surface area contributed by atoms with Crippen LogP contribution < -0.4 is 0 Å². The number of carbonyl (C=O) groups excluding carboxylic acids is 1. The topological polar surface area (TPSA) is 99.6 Å². The molecule has 8 heteroatoms. The average molecular weight is 342 g/mol. The molecule has 2 unspecified atom stereocenters. The molecular formula is C17H18N4O4. The number of ether oxygens (including phenoxy) is 1. The summed E-state index contributed by atoms with van der Waals surface area (Å²) in [6.07, 6.45) is 0. The number of nitrogens with zero attached hydrogens (tertiary/aromatic N) is 4. The van der Waals surface area contributed by atoms with Gasteiger partial charge in [0.25, 0.3) is 5.69 Å². The van der Waals surface area contributed by atoms with Crippen molar-refractivity contribution in [1.82, 2.24) is 9.78 Å². The molecule has 1 aliphatic rings. The van der Waals surface area contributed by atoms with Crippen molar-refractivity contribution < 1.29 is 14.5 Å². The van der Waals surface area contributed by atoms with E-state index in [9.17, 15) is 14.9 Å². The number of methoxy groups -OCH3 is 1. The van der Waals surface area contributed by atoms with Crippen LogP contribution in [0.5, 0.6) is 0 Å². The molecule has 1 aromatic carbocycles. The molecule has 0 N–H and O–H groups in total. The summed E-state index contributed by atoms with van der Waals surface area (Å²) >= 11 is 0. The summed E-state index contributed by atoms with van der Waals surface area (Å²) in [5, 5.41) is 15.6. The second-order valence-corrected chi connectivity index (χ2v) is 6.03. The molecule has 8 nitrogen and oxygen atoms in total. The van der Waals surface area contributed by atoms with Gasteiger partial charge in [-0.1, -0.05) is 12.1 Å². The first-order valence-corrected chi connectivity index (χ1v) is 7.76. The van der Waals surface area contributed by atoms with Crippen molar-refractivity contribution in [3.05, 3.63) is 51.2 Å². The van der Waals surface area contributed by atoms with Gasteiger partial charge in [0, 0.05) is 36.4 Å². The van der Waals surface area contributed by atoms with Crippen LogP contribution in [0.15, 0.2) is 29.3 Å². The molecule has 2 heterocycles. The lowest BCUT2D eigenvalue weighted by molar-refractivity contribution is -0.384. The van der Waals surface area contributed by atoms with E-state index >= 15 is 0 Å². The molecule has 3 rings (SSSR count). The predicted molar refractivity (Wildman–Crippen MR) is 91.2 cm³/mol. The van der Waals surface area contributed by atoms with Crippen LogP contribution in [0.3, 0.4) is 0 Å². The number of aryl methyl sites for hydroxylation is 2. The zero-order valence-corrected chi connectivity index (χ0v) is 14.4. The molecule has 25 heavy (non-hydrogen) atoms. The highest BCUT2D eigenvalue weighted by Gasteiger charge is 2.41. The number of benzene rings is 1. The average Bonchev–Trinajstić information content (AvgIpc) is 2.87. The van der Waals surface area contributed by atoms with E-state index in [0.717, 1.165) is 11.3 Å². The Hall–Kier alpha value is -3.03. The minimum absolute atomic E-state index is 0.0237. The summed E-state index contributed by atoms with van der Waals surface area (Å²) in [5.41, 5.74) is 2.77. The third-order valence-corrected chi connectivity index (χ3v) is 4.51. The van der Waals surface area contributed by atoms with Crippen molar-refractivity contribution in [2.24, 2.45) is 18.0 Å². The highest BCUT2D eigenvalue weighted by atomic mass is 16.6. The fourth-order valence-corrected chi connectivity index (χ4v) is 3.43. The van der Waals surface area contributed by atoms with Crippen LogP contribution >= 0.6 is 0 Å². The molecule has 0 radical (unpaired) electrons. The number of aromatic nitrogens is 2. The van der Waals surface area contributed by atoms with Crippen LogP contribution in [-0.4, -0.2) is 33.5 Å². The van der Waals surface area contributed by atoms with E-state index in [1.54, 1.807) is 30.8 Å². The minimum Gasteiger partial charge on any atom is -0.468 e. The second-order valence-electron chi connectivity index (χ2n) is 6.03. The SMILES string of the molecule is COC(=O)C1C(C)=Nc2c(c(C)nn2C)C1c1cccc([N+](=O)[O-])c1. The Morgan fingerprint density at radius 1 is 1.36 bits per heavy atom. The number of hydrogen-bond donors (Lipinski definition) is 0. The number of rotatable bonds is 3. The number of aliphatic imine (C=N–C) groups is 1. The molecular weight excluding hydrogens is 324 g/mol. The van der Waals surface area contributed by atoms with Crippen LogP contribution in [0, 0.1) is 23.0 Å². The smallest absolute Gasteiger partial charge is 0.315 e. The molecule has 130 valence electrons. The quantitative estimate of drug-likeness (QED) is 0.485. The fraction of sp³-hybridized carbons (Fsp3) is 0.353. The molecule has 1 aliphatic heterocycles. The number of fused-ring (bicyclic) bond motifs is 1. The number of nitro benzene ring substituents is 1. The number of carbonyl (C=O) groups is 1. The van der Waals surface area contributed by atoms with Crippen molar-refractivity contribution in [3.8, 4) is 0 Å². The summed E-state index contributed by atoms with van der Waals surface area (Å²) in [5.74, 6) is -0.853. The van der Waals surface area contributed by atoms with Gasteiger partial charge in [-0.3, -0.25) is 19.6 Å². The molecule has 2 atom stereocenters. The van der Waals surface area contributed by atoms with Crippen molar-refractivity contribution in [2.75, 3.05) is 7.11 Å². The van der Waals surface area contributed by atoms with Gasteiger partial charge in [-0.2, -0.15) is 5.10 Å². The van der Waals surface area contributed by atoms with Crippen molar-refractivity contribution in [1.29, 1.82) is 0 Å². The van der Waals surface area contributed by atoms with Crippen LogP contribution in [0.2, 0.25) is 0 Å². The zero-order valence-electron chi connectivity index (χ0n) is 14.4. The van der Waals surface area contributed by atoms with Gasteiger partial charge in [-0.05, 0) is 19.4 Å². The van der Waals surface area contributed by atoms with E-state index in [-0.39, 0.29) is 5.69 Å². The third-order valence-electron chi connectivity index (χ3n) is 4.51. The van der Waals surface area contributed by atoms with Gasteiger partial charge in [0.1, 0.15) is 5.92 Å². The maximum Gasteiger partial charge on any atom is 0.315 e. The van der Waals surface area contributed by atoms with E-state index in [0.29, 0.717) is 17.1 Å². The maximum atomic E-state index is 12.4. The molecule has 0 bridgehead atoms. The summed E-state index contributed by atoms with van der Waals surface area (Å²) in [6, 6.07) is 6.32. The summed E-state index contributed by atoms with van der Waals surface area (Å²) in [7, 11) is 3.11. The fourth-order valence-electron chi connectivity index (χ4n) is 3.43. The lowest BCUT2D eigenvalue weighted by Gasteiger charge is -2.29. The zero-order chi connectivity index (χ0) is 18.3. The van der Waals surface area contributed by atoms with Gasteiger partial charge in [0.05, 0.1) is 17.7 Å². The van der Waals surface area contributed by atoms with Crippen LogP contribution in [0.25, 0.3) is 0 Å². The Morgan fingerprint density at radius 3 is 2.72 bits per heavy atom. The molecule has 0 fully saturated rings. The molecule has 2 aromatic rings. The first-order valence-electron chi connectivity index (χ1n) is 7.76. The van der Waals surface area contributed by atoms with Crippen molar-refractivity contribution >= 4 is 23.2 Å². The van der Waals surface area contributed by atoms with Gasteiger partial charge in [-0.25, -0.2) is 4.99 Å². The van der Waals surface area contributed by atoms with Gasteiger partial charge in [0.15, 0.2) is 5.82 Å². The second kappa shape index (κ2) is 6.12. The first-order chi connectivity index (χ1) is 11.8. The van der Waals surface area contributed by atoms with Crippen molar-refractivity contribution in [3.63, 3.8) is 0 Å². The van der Waals surface area contributed by atoms with Gasteiger partial charge in [-0.15, -0.1) is 0 Å². The third kappa shape index (κ3) is 2.69. The largest absolute Gasteiger partial charge is 0.468 e. The molecule has 0 spiro atoms. The van der Waals surface area contributed by atoms with Crippen LogP contribution in [0.4, 0.5) is 11.5 Å². The standard InChI is InChI=1S/C17H18N4O4/c1-9-14(17(22)25-4)15(11-6-5-7-12(8-11)21(23)24)13-10(2)19-20(3)16(13)18-9/h5-8,14-15H,1-4H3. The van der Waals surface area contributed by atoms with E-state index in [4.69, 9.17) is 4.74 Å². The summed E-state index contributed by atoms with van der Waals surface area (Å²) in [4.78, 5) is 27.7. The van der Waals surface area contributed by atoms with Crippen LogP contribution in [0.1, 0.15) is 29.7 Å². The van der Waals surface area contributed by atoms with E-state index in [2.05, 4.69) is 10.1 Å². The lowest BCUT2D eigenvalue weighted by Crippen LogP contribution is -2.33. The molecule has 0 saturated heterocycles. The Kier molecular flexibility index (Phi) is 4.12. The Labute approximate surface area is 144 Å². The predicted octanol–water partition coefficient (Wildman–Crippen LogP) is 2.66. The molecule has 0 amide bonds. The summed E-state index contributed by atoms with van der Waals surface area (Å²) in [6.45, 7) is 3.60. The monoisotopic (exact) mass is 342 g/mol. The Morgan fingerprint density at radius 2 is 2.08 bits per heavy atom. The molecule has 0 saturated carbocycles. The summed E-state index contributed by atoms with van der Waals surface area (Å²) < 4.78 is 6.63. The van der Waals surface area contributed by atoms with Gasteiger partial charge in [0.2, 0.25) is 0 Å².